The van der Waals surface area contributed by atoms with Crippen molar-refractivity contribution >= 4 is 28.5 Å². The molecule has 0 saturated heterocycles. The van der Waals surface area contributed by atoms with Crippen LogP contribution in [0.3, 0.4) is 0 Å². The van der Waals surface area contributed by atoms with Crippen LogP contribution in [0.15, 0.2) is 29.2 Å². The minimum Gasteiger partial charge on any atom is -0.462 e. The van der Waals surface area contributed by atoms with Crippen LogP contribution in [0, 0.1) is 5.82 Å². The zero-order valence-electron chi connectivity index (χ0n) is 11.6. The normalized spacial score (nSPS) is 10.8. The molecule has 0 N–H and O–H groups in total. The number of halogens is 2. The van der Waals surface area contributed by atoms with E-state index >= 15 is 0 Å². The third kappa shape index (κ3) is 3.24. The lowest BCUT2D eigenvalue weighted by Gasteiger charge is -2.12. The third-order valence-electron chi connectivity index (χ3n) is 3.07. The van der Waals surface area contributed by atoms with E-state index in [4.69, 9.17) is 16.3 Å². The Balaban J connectivity index is 2.66. The predicted molar refractivity (Wildman–Crippen MR) is 79.5 cm³/mol. The van der Waals surface area contributed by atoms with Gasteiger partial charge in [0.2, 0.25) is 5.43 Å². The van der Waals surface area contributed by atoms with Crippen molar-refractivity contribution in [3.8, 4) is 0 Å². The summed E-state index contributed by atoms with van der Waals surface area (Å²) in [5.41, 5.74) is -0.0609. The molecule has 0 unspecified atom stereocenters. The molecule has 1 heterocycles. The first kappa shape index (κ1) is 15.5. The van der Waals surface area contributed by atoms with Crippen LogP contribution < -0.4 is 5.43 Å². The maximum atomic E-state index is 13.4. The molecule has 6 heteroatoms. The van der Waals surface area contributed by atoms with E-state index in [0.29, 0.717) is 24.4 Å². The molecule has 0 aliphatic heterocycles. The van der Waals surface area contributed by atoms with E-state index in [1.54, 1.807) is 11.5 Å². The Hall–Kier alpha value is -1.88. The number of carbonyl (C=O) groups excluding carboxylic acids is 1. The van der Waals surface area contributed by atoms with Crippen LogP contribution in [0.5, 0.6) is 0 Å². The molecule has 112 valence electrons. The topological polar surface area (TPSA) is 48.3 Å². The number of nitrogens with zero attached hydrogens (tertiary/aromatic N) is 1. The minimum absolute atomic E-state index is 0.0504. The molecule has 21 heavy (non-hydrogen) atoms. The minimum atomic E-state index is -0.673. The van der Waals surface area contributed by atoms with Gasteiger partial charge in [0.15, 0.2) is 0 Å². The highest BCUT2D eigenvalue weighted by Gasteiger charge is 2.16. The van der Waals surface area contributed by atoms with Gasteiger partial charge in [-0.3, -0.25) is 4.79 Å². The SMILES string of the molecule is CCOC(=O)c1cn(CCCCl)c2cc(F)ccc2c1=O. The molecule has 0 spiro atoms. The second-order valence-corrected chi connectivity index (χ2v) is 4.87. The van der Waals surface area contributed by atoms with Gasteiger partial charge in [0.1, 0.15) is 11.4 Å². The third-order valence-corrected chi connectivity index (χ3v) is 3.34. The Morgan fingerprint density at radius 1 is 1.43 bits per heavy atom. The summed E-state index contributed by atoms with van der Waals surface area (Å²) < 4.78 is 20.0. The number of benzene rings is 1. The number of carbonyl (C=O) groups is 1. The van der Waals surface area contributed by atoms with Gasteiger partial charge >= 0.3 is 5.97 Å². The Bertz CT molecular complexity index is 727. The zero-order valence-corrected chi connectivity index (χ0v) is 12.3. The zero-order chi connectivity index (χ0) is 15.4. The number of rotatable bonds is 5. The summed E-state index contributed by atoms with van der Waals surface area (Å²) in [5, 5.41) is 0.288. The van der Waals surface area contributed by atoms with E-state index in [-0.39, 0.29) is 17.6 Å². The molecule has 2 aromatic rings. The van der Waals surface area contributed by atoms with E-state index in [9.17, 15) is 14.0 Å². The van der Waals surface area contributed by atoms with Gasteiger partial charge in [-0.15, -0.1) is 11.6 Å². The first-order valence-corrected chi connectivity index (χ1v) is 7.17. The molecule has 0 bridgehead atoms. The van der Waals surface area contributed by atoms with Crippen LogP contribution in [0.1, 0.15) is 23.7 Å². The smallest absolute Gasteiger partial charge is 0.343 e. The van der Waals surface area contributed by atoms with Crippen molar-refractivity contribution in [2.24, 2.45) is 0 Å². The van der Waals surface area contributed by atoms with Crippen LogP contribution in [0.2, 0.25) is 0 Å². The molecule has 0 radical (unpaired) electrons. The lowest BCUT2D eigenvalue weighted by Crippen LogP contribution is -2.21. The average Bonchev–Trinajstić information content (AvgIpc) is 2.46. The van der Waals surface area contributed by atoms with E-state index < -0.39 is 17.2 Å². The molecule has 0 atom stereocenters. The van der Waals surface area contributed by atoms with Crippen molar-refractivity contribution in [3.05, 3.63) is 46.0 Å². The number of ether oxygens (including phenoxy) is 1. The van der Waals surface area contributed by atoms with E-state index in [1.165, 1.54) is 24.4 Å². The maximum Gasteiger partial charge on any atom is 0.343 e. The molecular weight excluding hydrogens is 297 g/mol. The summed E-state index contributed by atoms with van der Waals surface area (Å²) in [6.07, 6.45) is 2.05. The van der Waals surface area contributed by atoms with Crippen LogP contribution in [0.4, 0.5) is 4.39 Å². The highest BCUT2D eigenvalue weighted by atomic mass is 35.5. The number of aryl methyl sites for hydroxylation is 1. The molecule has 0 aliphatic carbocycles. The van der Waals surface area contributed by atoms with Crippen molar-refractivity contribution < 1.29 is 13.9 Å². The molecular formula is C15H15ClFNO3. The number of aromatic nitrogens is 1. The number of esters is 1. The Morgan fingerprint density at radius 2 is 2.19 bits per heavy atom. The molecule has 1 aromatic heterocycles. The van der Waals surface area contributed by atoms with Gasteiger partial charge in [0.25, 0.3) is 0 Å². The number of hydrogen-bond acceptors (Lipinski definition) is 3. The van der Waals surface area contributed by atoms with E-state index in [1.807, 2.05) is 0 Å². The highest BCUT2D eigenvalue weighted by molar-refractivity contribution is 6.17. The summed E-state index contributed by atoms with van der Waals surface area (Å²) >= 11 is 5.68. The average molecular weight is 312 g/mol. The lowest BCUT2D eigenvalue weighted by atomic mass is 10.1. The van der Waals surface area contributed by atoms with E-state index in [2.05, 4.69) is 0 Å². The second kappa shape index (κ2) is 6.72. The summed E-state index contributed by atoms with van der Waals surface area (Å²) in [5.74, 6) is -0.684. The van der Waals surface area contributed by atoms with Crippen molar-refractivity contribution in [1.82, 2.24) is 4.57 Å². The van der Waals surface area contributed by atoms with Crippen LogP contribution >= 0.6 is 11.6 Å². The van der Waals surface area contributed by atoms with Crippen LogP contribution in [-0.2, 0) is 11.3 Å². The van der Waals surface area contributed by atoms with Gasteiger partial charge < -0.3 is 9.30 Å². The molecule has 2 rings (SSSR count). The fraction of sp³-hybridized carbons (Fsp3) is 0.333. The molecule has 0 aliphatic rings. The first-order chi connectivity index (χ1) is 10.1. The summed E-state index contributed by atoms with van der Waals surface area (Å²) in [7, 11) is 0. The van der Waals surface area contributed by atoms with Crippen molar-refractivity contribution in [1.29, 1.82) is 0 Å². The van der Waals surface area contributed by atoms with Crippen molar-refractivity contribution in [3.63, 3.8) is 0 Å². The Labute approximate surface area is 126 Å². The van der Waals surface area contributed by atoms with Crippen molar-refractivity contribution in [2.75, 3.05) is 12.5 Å². The fourth-order valence-corrected chi connectivity index (χ4v) is 2.25. The second-order valence-electron chi connectivity index (χ2n) is 4.49. The summed E-state index contributed by atoms with van der Waals surface area (Å²) in [6, 6.07) is 3.86. The van der Waals surface area contributed by atoms with Crippen LogP contribution in [-0.4, -0.2) is 23.0 Å². The highest BCUT2D eigenvalue weighted by Crippen LogP contribution is 2.15. The maximum absolute atomic E-state index is 13.4. The summed E-state index contributed by atoms with van der Waals surface area (Å²) in [6.45, 7) is 2.33. The monoisotopic (exact) mass is 311 g/mol. The van der Waals surface area contributed by atoms with E-state index in [0.717, 1.165) is 0 Å². The number of fused-ring (bicyclic) bond motifs is 1. The summed E-state index contributed by atoms with van der Waals surface area (Å²) in [4.78, 5) is 24.2. The van der Waals surface area contributed by atoms with Gasteiger partial charge in [-0.05, 0) is 31.5 Å². The molecule has 0 amide bonds. The molecule has 1 aromatic carbocycles. The fourth-order valence-electron chi connectivity index (χ4n) is 2.13. The van der Waals surface area contributed by atoms with Crippen molar-refractivity contribution in [2.45, 2.75) is 19.9 Å². The number of hydrogen-bond donors (Lipinski definition) is 0. The molecule has 0 fully saturated rings. The standard InChI is InChI=1S/C15H15ClFNO3/c1-2-21-15(20)12-9-18(7-3-6-16)13-8-10(17)4-5-11(13)14(12)19/h4-5,8-9H,2-3,6-7H2,1H3. The largest absolute Gasteiger partial charge is 0.462 e. The molecule has 0 saturated carbocycles. The number of pyridine rings is 1. The Morgan fingerprint density at radius 3 is 2.86 bits per heavy atom. The van der Waals surface area contributed by atoms with Gasteiger partial charge in [-0.25, -0.2) is 9.18 Å². The van der Waals surface area contributed by atoms with Gasteiger partial charge in [-0.2, -0.15) is 0 Å². The van der Waals surface area contributed by atoms with Gasteiger partial charge in [0.05, 0.1) is 12.1 Å². The number of alkyl halides is 1. The van der Waals surface area contributed by atoms with Gasteiger partial charge in [0, 0.05) is 24.0 Å². The Kier molecular flexibility index (Phi) is 4.96. The van der Waals surface area contributed by atoms with Crippen LogP contribution in [0.25, 0.3) is 10.9 Å². The van der Waals surface area contributed by atoms with Gasteiger partial charge in [-0.1, -0.05) is 0 Å². The molecule has 4 nitrogen and oxygen atoms in total. The predicted octanol–water partition coefficient (Wildman–Crippen LogP) is 2.95. The lowest BCUT2D eigenvalue weighted by molar-refractivity contribution is 0.0524. The first-order valence-electron chi connectivity index (χ1n) is 6.64. The quantitative estimate of drug-likeness (QED) is 0.630.